The van der Waals surface area contributed by atoms with Gasteiger partial charge in [-0.2, -0.15) is 0 Å². The molecule has 0 amide bonds. The second kappa shape index (κ2) is 24.1. The minimum atomic E-state index is -0.464. The number of anilines is 3. The summed E-state index contributed by atoms with van der Waals surface area (Å²) in [6.45, 7) is 21.2. The molecule has 0 N–H and O–H groups in total. The normalized spacial score (nSPS) is 14.4. The van der Waals surface area contributed by atoms with Crippen LogP contribution in [0.1, 0.15) is 124 Å². The molecule has 2 nitrogen and oxygen atoms in total. The van der Waals surface area contributed by atoms with Crippen molar-refractivity contribution < 1.29 is 4.42 Å². The first-order valence-corrected chi connectivity index (χ1v) is 42.3. The maximum absolute atomic E-state index is 7.29. The minimum absolute atomic E-state index is 0.110. The Labute approximate surface area is 674 Å². The number of hydrogen-bond acceptors (Lipinski definition) is 2. The van der Waals surface area contributed by atoms with Gasteiger partial charge in [0.2, 0.25) is 0 Å². The molecule has 0 radical (unpaired) electrons. The van der Waals surface area contributed by atoms with Crippen LogP contribution in [0, 0.1) is 0 Å². The van der Waals surface area contributed by atoms with E-state index in [-0.39, 0.29) is 37.9 Å². The average molecular weight is 1520 g/mol. The fourth-order valence-corrected chi connectivity index (χ4v) is 24.0. The van der Waals surface area contributed by atoms with Gasteiger partial charge < -0.3 is 0 Å². The Bertz CT molecular complexity index is 6850. The number of benzene rings is 16. The zero-order valence-corrected chi connectivity index (χ0v) is 67.3. The first-order valence-electron chi connectivity index (χ1n) is 40.5. The topological polar surface area (TPSA) is 16.4 Å². The molecule has 0 saturated heterocycles. The van der Waals surface area contributed by atoms with Crippen LogP contribution in [0.25, 0.3) is 122 Å². The summed E-state index contributed by atoms with van der Waals surface area (Å²) in [6, 6.07) is 129. The van der Waals surface area contributed by atoms with Crippen molar-refractivity contribution in [3.63, 3.8) is 0 Å². The number of hydrogen-bond donors (Lipinski definition) is 0. The van der Waals surface area contributed by atoms with Crippen LogP contribution in [-0.4, -0.2) is 21.7 Å². The van der Waals surface area contributed by atoms with Gasteiger partial charge in [-0.05, 0) is 11.1 Å². The summed E-state index contributed by atoms with van der Waals surface area (Å²) in [5, 5.41) is 2.37. The Kier molecular flexibility index (Phi) is 14.3. The summed E-state index contributed by atoms with van der Waals surface area (Å²) in [5.74, 6) is 0. The zero-order chi connectivity index (χ0) is 76.6. The second-order valence-corrected chi connectivity index (χ2v) is 37.9. The first-order chi connectivity index (χ1) is 55.4. The van der Waals surface area contributed by atoms with Gasteiger partial charge in [-0.15, -0.1) is 0 Å². The monoisotopic (exact) mass is 1520 g/mol. The molecule has 17 aromatic rings. The van der Waals surface area contributed by atoms with Crippen molar-refractivity contribution in [3.8, 4) is 100 Å². The average Bonchev–Trinajstić information content (AvgIpc) is 1.37. The summed E-state index contributed by atoms with van der Waals surface area (Å²) in [6.07, 6.45) is 0. The van der Waals surface area contributed by atoms with E-state index in [1.807, 2.05) is 0 Å². The maximum atomic E-state index is 7.29. The third-order valence-electron chi connectivity index (χ3n) is 26.4. The molecule has 2 aliphatic heterocycles. The summed E-state index contributed by atoms with van der Waals surface area (Å²) >= 11 is -0.239. The molecule has 16 aromatic carbocycles. The quantitative estimate of drug-likeness (QED) is 0.154. The Balaban J connectivity index is 0.798. The van der Waals surface area contributed by atoms with Gasteiger partial charge in [0, 0.05) is 0 Å². The van der Waals surface area contributed by atoms with Crippen molar-refractivity contribution in [2.24, 2.45) is 0 Å². The number of rotatable bonds is 6. The summed E-state index contributed by atoms with van der Waals surface area (Å²) in [4.78, 5) is 2.74. The molecule has 542 valence electrons. The van der Waals surface area contributed by atoms with E-state index in [1.54, 1.807) is 0 Å². The molecule has 3 heterocycles. The Hall–Kier alpha value is -12.3. The molecule has 23 rings (SSSR count). The van der Waals surface area contributed by atoms with Crippen LogP contribution in [0.4, 0.5) is 17.1 Å². The van der Waals surface area contributed by atoms with Gasteiger partial charge >= 0.3 is 602 Å². The van der Waals surface area contributed by atoms with E-state index in [4.69, 9.17) is 4.42 Å². The second-order valence-electron chi connectivity index (χ2n) is 35.7. The van der Waals surface area contributed by atoms with Crippen molar-refractivity contribution in [1.29, 1.82) is 0 Å². The van der Waals surface area contributed by atoms with Crippen molar-refractivity contribution in [2.45, 2.75) is 89.4 Å². The predicted molar refractivity (Wildman–Crippen MR) is 480 cm³/mol. The Morgan fingerprint density at radius 2 is 0.728 bits per heavy atom. The van der Waals surface area contributed by atoms with Crippen LogP contribution in [0.5, 0.6) is 0 Å². The molecule has 4 aliphatic carbocycles. The summed E-state index contributed by atoms with van der Waals surface area (Å²) in [7, 11) is 0. The zero-order valence-electron chi connectivity index (χ0n) is 65.6. The summed E-state index contributed by atoms with van der Waals surface area (Å²) in [5.41, 5.74) is 45.2. The van der Waals surface area contributed by atoms with Gasteiger partial charge in [0.05, 0.1) is 0 Å². The predicted octanol–water partition coefficient (Wildman–Crippen LogP) is 24.8. The van der Waals surface area contributed by atoms with Crippen molar-refractivity contribution in [1.82, 2.24) is 0 Å². The van der Waals surface area contributed by atoms with Crippen LogP contribution >= 0.6 is 0 Å². The molecule has 0 fully saturated rings. The molecule has 4 heteroatoms. The number of furan rings is 1. The van der Waals surface area contributed by atoms with Crippen LogP contribution < -0.4 is 30.2 Å². The molecule has 2 spiro atoms. The molecule has 0 unspecified atom stereocenters. The van der Waals surface area contributed by atoms with Gasteiger partial charge in [0.1, 0.15) is 0 Å². The Morgan fingerprint density at radius 3 is 1.29 bits per heavy atom. The molecule has 0 bridgehead atoms. The first kappa shape index (κ1) is 67.4. The molecule has 6 aliphatic rings. The van der Waals surface area contributed by atoms with E-state index in [2.05, 4.69) is 401 Å². The SMILES string of the molecule is CC(C)(C)c1cc(-c2cc3c4c(c2)N(c2c(-c5ccccc5)cc(C(C)(C)C)cc2-c2ccccc2)c2ccc(-c5ccc6c(c5)-c5ccccc5C65c6ccccc6-c6ccccc65)cc2B4c2ccc4oc5ccc(-c6cccc7c6-c6ccccc6C76c7ccccc7-c7ccccc76)cc5c4c2[Se]3)cc(C(C)(C)C)c1. The van der Waals surface area contributed by atoms with E-state index >= 15 is 0 Å². The standard InChI is InChI=1S/C110H82BNOSe/c1-106(2,3)72-55-70(56-73(62-72)107(4,5)6)71-60-97-103-100(61-71)114-105-94(51-54-99-102(105)85-58-69(49-53-98(85)113-99)75-39-28-46-93-101(75)81-38-21-27-45-91(81)110(93)88-42-24-18-35-78(88)79-36-19-25-43-89(79)110)111(103)95-59-68(48-52-96(95)112(97)104-82(65-29-12-10-13-30-65)63-74(108(7,8)9)64-83(104)66-31-14-11-15-32-66)67-47-50-92-84(57-67)80-37-20-26-44-90(80)109(92)86-40-22-16-33-76(86)77-34-17-23-41-87(77)109/h10-64H,1-9H3. The third kappa shape index (κ3) is 9.39. The van der Waals surface area contributed by atoms with Gasteiger partial charge in [0.15, 0.2) is 0 Å². The fraction of sp³-hybridized carbons (Fsp3) is 0.127. The molecule has 0 saturated carbocycles. The van der Waals surface area contributed by atoms with Crippen molar-refractivity contribution >= 4 is 86.0 Å². The van der Waals surface area contributed by atoms with E-state index in [0.29, 0.717) is 0 Å². The Morgan fingerprint density at radius 1 is 0.289 bits per heavy atom. The summed E-state index contributed by atoms with van der Waals surface area (Å²) < 4.78 is 10.1. The van der Waals surface area contributed by atoms with Gasteiger partial charge in [0.25, 0.3) is 0 Å². The molecule has 0 atom stereocenters. The fourth-order valence-electron chi connectivity index (χ4n) is 21.1. The van der Waals surface area contributed by atoms with E-state index < -0.39 is 10.8 Å². The van der Waals surface area contributed by atoms with E-state index in [9.17, 15) is 0 Å². The third-order valence-corrected chi connectivity index (χ3v) is 28.9. The molecule has 1 aromatic heterocycles. The van der Waals surface area contributed by atoms with Gasteiger partial charge in [-0.25, -0.2) is 0 Å². The van der Waals surface area contributed by atoms with Crippen LogP contribution in [0.2, 0.25) is 0 Å². The number of fused-ring (bicyclic) bond motifs is 28. The molecular weight excluding hydrogens is 1440 g/mol. The van der Waals surface area contributed by atoms with E-state index in [0.717, 1.165) is 16.6 Å². The van der Waals surface area contributed by atoms with Crippen LogP contribution in [0.15, 0.2) is 338 Å². The number of nitrogens with zero attached hydrogens (tertiary/aromatic N) is 1. The van der Waals surface area contributed by atoms with Gasteiger partial charge in [-0.3, -0.25) is 0 Å². The van der Waals surface area contributed by atoms with Crippen LogP contribution in [-0.2, 0) is 27.1 Å². The molecular formula is C110H82BNOSe. The van der Waals surface area contributed by atoms with Crippen LogP contribution in [0.3, 0.4) is 0 Å². The molecule has 114 heavy (non-hydrogen) atoms. The van der Waals surface area contributed by atoms with E-state index in [1.165, 1.54) is 209 Å². The van der Waals surface area contributed by atoms with Crippen molar-refractivity contribution in [3.05, 3.63) is 395 Å². The van der Waals surface area contributed by atoms with Crippen molar-refractivity contribution in [2.75, 3.05) is 4.90 Å². The van der Waals surface area contributed by atoms with Gasteiger partial charge in [-0.1, -0.05) is 66.7 Å².